The number of aryl methyl sites for hydroxylation is 2. The van der Waals surface area contributed by atoms with Crippen LogP contribution in [-0.4, -0.2) is 0 Å². The fourth-order valence-corrected chi connectivity index (χ4v) is 3.72. The van der Waals surface area contributed by atoms with Crippen molar-refractivity contribution in [3.05, 3.63) is 65.4 Å². The summed E-state index contributed by atoms with van der Waals surface area (Å²) in [6.07, 6.45) is 2.06. The smallest absolute Gasteiger partial charge is 0.213 e. The number of nitriles is 1. The maximum Gasteiger partial charge on any atom is 0.213 e. The predicted octanol–water partition coefficient (Wildman–Crippen LogP) is 5.38. The Morgan fingerprint density at radius 2 is 1.88 bits per heavy atom. The highest BCUT2D eigenvalue weighted by atomic mass is 16.3. The standard InChI is InChI=1S/C23H21N2O/c1-14(2)17-12-18-21(11-16(17)13-24)26-20-9-8-15(3)22(23(18)20)19-7-5-6-10-25(19)4/h5-12,14H,1-4H3/q+1. The van der Waals surface area contributed by atoms with Gasteiger partial charge in [-0.3, -0.25) is 0 Å². The summed E-state index contributed by atoms with van der Waals surface area (Å²) >= 11 is 0. The molecule has 2 aromatic heterocycles. The minimum absolute atomic E-state index is 0.278. The summed E-state index contributed by atoms with van der Waals surface area (Å²) in [7, 11) is 2.06. The van der Waals surface area contributed by atoms with Gasteiger partial charge in [-0.05, 0) is 48.2 Å². The van der Waals surface area contributed by atoms with Gasteiger partial charge in [0.2, 0.25) is 5.69 Å². The Balaban J connectivity index is 2.18. The van der Waals surface area contributed by atoms with Crippen molar-refractivity contribution in [3.8, 4) is 17.3 Å². The summed E-state index contributed by atoms with van der Waals surface area (Å²) in [5.41, 5.74) is 6.92. The van der Waals surface area contributed by atoms with Crippen LogP contribution in [0.5, 0.6) is 0 Å². The third-order valence-corrected chi connectivity index (χ3v) is 5.07. The Morgan fingerprint density at radius 3 is 2.58 bits per heavy atom. The van der Waals surface area contributed by atoms with E-state index >= 15 is 0 Å². The normalized spacial score (nSPS) is 11.4. The van der Waals surface area contributed by atoms with Gasteiger partial charge in [0.15, 0.2) is 6.20 Å². The van der Waals surface area contributed by atoms with E-state index in [0.29, 0.717) is 5.56 Å². The summed E-state index contributed by atoms with van der Waals surface area (Å²) < 4.78 is 8.26. The molecule has 0 fully saturated rings. The molecule has 0 saturated heterocycles. The summed E-state index contributed by atoms with van der Waals surface area (Å²) in [5.74, 6) is 0.278. The maximum atomic E-state index is 9.52. The van der Waals surface area contributed by atoms with E-state index in [4.69, 9.17) is 4.42 Å². The summed E-state index contributed by atoms with van der Waals surface area (Å²) in [5, 5.41) is 11.7. The molecule has 0 spiro atoms. The molecule has 0 atom stereocenters. The molecule has 0 unspecified atom stereocenters. The number of hydrogen-bond acceptors (Lipinski definition) is 2. The third kappa shape index (κ3) is 2.38. The fourth-order valence-electron chi connectivity index (χ4n) is 3.72. The highest BCUT2D eigenvalue weighted by Crippen LogP contribution is 2.39. The highest BCUT2D eigenvalue weighted by Gasteiger charge is 2.21. The molecule has 0 saturated carbocycles. The van der Waals surface area contributed by atoms with Crippen molar-refractivity contribution in [1.29, 1.82) is 5.26 Å². The molecular weight excluding hydrogens is 320 g/mol. The van der Waals surface area contributed by atoms with Crippen molar-refractivity contribution < 1.29 is 8.98 Å². The maximum absolute atomic E-state index is 9.52. The molecular formula is C23H21N2O+. The molecule has 26 heavy (non-hydrogen) atoms. The number of benzene rings is 2. The van der Waals surface area contributed by atoms with Gasteiger partial charge in [0, 0.05) is 22.9 Å². The molecule has 2 heterocycles. The molecule has 4 aromatic rings. The van der Waals surface area contributed by atoms with Crippen LogP contribution in [0.1, 0.15) is 36.5 Å². The van der Waals surface area contributed by atoms with Gasteiger partial charge in [-0.25, -0.2) is 4.57 Å². The lowest BCUT2D eigenvalue weighted by Crippen LogP contribution is -2.30. The number of pyridine rings is 1. The highest BCUT2D eigenvalue weighted by molar-refractivity contribution is 6.13. The van der Waals surface area contributed by atoms with E-state index in [1.54, 1.807) is 0 Å². The first-order chi connectivity index (χ1) is 12.5. The van der Waals surface area contributed by atoms with Crippen LogP contribution >= 0.6 is 0 Å². The molecule has 0 radical (unpaired) electrons. The lowest BCUT2D eigenvalue weighted by atomic mass is 9.93. The average molecular weight is 341 g/mol. The minimum Gasteiger partial charge on any atom is -0.456 e. The molecule has 0 amide bonds. The molecule has 3 nitrogen and oxygen atoms in total. The molecule has 2 aromatic carbocycles. The topological polar surface area (TPSA) is 40.8 Å². The van der Waals surface area contributed by atoms with Crippen LogP contribution in [0.2, 0.25) is 0 Å². The SMILES string of the molecule is Cc1ccc2oc3cc(C#N)c(C(C)C)cc3c2c1-c1cccc[n+]1C. The number of furan rings is 1. The number of rotatable bonds is 2. The number of fused-ring (bicyclic) bond motifs is 3. The van der Waals surface area contributed by atoms with Crippen LogP contribution in [-0.2, 0) is 7.05 Å². The van der Waals surface area contributed by atoms with Gasteiger partial charge >= 0.3 is 0 Å². The van der Waals surface area contributed by atoms with E-state index < -0.39 is 0 Å². The van der Waals surface area contributed by atoms with Gasteiger partial charge in [0.1, 0.15) is 18.2 Å². The molecule has 128 valence electrons. The number of hydrogen-bond donors (Lipinski definition) is 0. The van der Waals surface area contributed by atoms with E-state index in [9.17, 15) is 5.26 Å². The Kier molecular flexibility index (Phi) is 3.77. The second kappa shape index (κ2) is 6.00. The zero-order chi connectivity index (χ0) is 18.4. The Morgan fingerprint density at radius 1 is 1.08 bits per heavy atom. The Labute approximate surface area is 153 Å². The van der Waals surface area contributed by atoms with Gasteiger partial charge in [-0.2, -0.15) is 5.26 Å². The number of aromatic nitrogens is 1. The molecule has 4 rings (SSSR count). The van der Waals surface area contributed by atoms with Gasteiger partial charge in [-0.1, -0.05) is 19.9 Å². The van der Waals surface area contributed by atoms with Gasteiger partial charge in [-0.15, -0.1) is 0 Å². The quantitative estimate of drug-likeness (QED) is 0.459. The monoisotopic (exact) mass is 341 g/mol. The van der Waals surface area contributed by atoms with E-state index in [0.717, 1.165) is 33.2 Å². The van der Waals surface area contributed by atoms with Crippen LogP contribution in [0.4, 0.5) is 0 Å². The van der Waals surface area contributed by atoms with Gasteiger partial charge in [0.05, 0.1) is 17.2 Å². The van der Waals surface area contributed by atoms with Crippen molar-refractivity contribution >= 4 is 21.9 Å². The van der Waals surface area contributed by atoms with E-state index in [1.807, 2.05) is 18.2 Å². The summed E-state index contributed by atoms with van der Waals surface area (Å²) in [4.78, 5) is 0. The zero-order valence-electron chi connectivity index (χ0n) is 15.5. The van der Waals surface area contributed by atoms with Gasteiger partial charge in [0.25, 0.3) is 0 Å². The fraction of sp³-hybridized carbons (Fsp3) is 0.217. The average Bonchev–Trinajstić information content (AvgIpc) is 2.99. The van der Waals surface area contributed by atoms with Crippen molar-refractivity contribution in [2.24, 2.45) is 7.05 Å². The largest absolute Gasteiger partial charge is 0.456 e. The lowest BCUT2D eigenvalue weighted by molar-refractivity contribution is -0.660. The molecule has 0 aliphatic carbocycles. The molecule has 0 aliphatic rings. The zero-order valence-corrected chi connectivity index (χ0v) is 15.5. The van der Waals surface area contributed by atoms with Crippen LogP contribution in [0.25, 0.3) is 33.2 Å². The van der Waals surface area contributed by atoms with Gasteiger partial charge < -0.3 is 4.42 Å². The van der Waals surface area contributed by atoms with E-state index in [-0.39, 0.29) is 5.92 Å². The first kappa shape index (κ1) is 16.4. The summed E-state index contributed by atoms with van der Waals surface area (Å²) in [6.45, 7) is 6.37. The van der Waals surface area contributed by atoms with Crippen LogP contribution in [0.3, 0.4) is 0 Å². The van der Waals surface area contributed by atoms with Crippen molar-refractivity contribution in [2.45, 2.75) is 26.7 Å². The molecule has 0 bridgehead atoms. The second-order valence-electron chi connectivity index (χ2n) is 7.13. The second-order valence-corrected chi connectivity index (χ2v) is 7.13. The Hall–Kier alpha value is -3.12. The van der Waals surface area contributed by atoms with Crippen molar-refractivity contribution in [1.82, 2.24) is 0 Å². The van der Waals surface area contributed by atoms with Crippen LogP contribution in [0.15, 0.2) is 53.1 Å². The Bertz CT molecular complexity index is 1190. The molecule has 0 aliphatic heterocycles. The number of nitrogens with zero attached hydrogens (tertiary/aromatic N) is 2. The van der Waals surface area contributed by atoms with E-state index in [2.05, 4.69) is 68.9 Å². The van der Waals surface area contributed by atoms with Crippen molar-refractivity contribution in [3.63, 3.8) is 0 Å². The van der Waals surface area contributed by atoms with Crippen LogP contribution in [0, 0.1) is 18.3 Å². The lowest BCUT2D eigenvalue weighted by Gasteiger charge is -2.09. The molecule has 0 N–H and O–H groups in total. The first-order valence-corrected chi connectivity index (χ1v) is 8.86. The summed E-state index contributed by atoms with van der Waals surface area (Å²) in [6, 6.07) is 16.7. The van der Waals surface area contributed by atoms with Crippen molar-refractivity contribution in [2.75, 3.05) is 0 Å². The molecule has 3 heteroatoms. The minimum atomic E-state index is 0.278. The third-order valence-electron chi connectivity index (χ3n) is 5.07. The predicted molar refractivity (Wildman–Crippen MR) is 104 cm³/mol. The van der Waals surface area contributed by atoms with Crippen LogP contribution < -0.4 is 4.57 Å². The van der Waals surface area contributed by atoms with E-state index in [1.165, 1.54) is 11.1 Å². The first-order valence-electron chi connectivity index (χ1n) is 8.86.